The molecule has 5 nitrogen and oxygen atoms in total. The molecule has 130 valence electrons. The predicted octanol–water partition coefficient (Wildman–Crippen LogP) is 3.13. The number of hydrogen-bond acceptors (Lipinski definition) is 4. The second-order valence-electron chi connectivity index (χ2n) is 6.25. The average molecular weight is 331 g/mol. The molecule has 0 spiro atoms. The van der Waals surface area contributed by atoms with Crippen molar-refractivity contribution in [1.82, 2.24) is 4.90 Å². The summed E-state index contributed by atoms with van der Waals surface area (Å²) in [6.45, 7) is 6.60. The maximum Gasteiger partial charge on any atom is 0.290 e. The van der Waals surface area contributed by atoms with Crippen LogP contribution >= 0.6 is 0 Å². The Morgan fingerprint density at radius 2 is 1.92 bits per heavy atom. The number of carbonyl (C=O) groups is 2. The number of rotatable bonds is 7. The molecule has 0 fully saturated rings. The lowest BCUT2D eigenvalue weighted by molar-refractivity contribution is -0.130. The van der Waals surface area contributed by atoms with Crippen molar-refractivity contribution in [3.05, 3.63) is 46.7 Å². The maximum atomic E-state index is 12.4. The van der Waals surface area contributed by atoms with Crippen molar-refractivity contribution >= 4 is 11.7 Å². The fraction of sp³-hybridized carbons (Fsp3) is 0.474. The fourth-order valence-electron chi connectivity index (χ4n) is 2.96. The van der Waals surface area contributed by atoms with Gasteiger partial charge in [-0.15, -0.1) is 0 Å². The zero-order chi connectivity index (χ0) is 17.9. The van der Waals surface area contributed by atoms with E-state index in [1.165, 1.54) is 10.5 Å². The van der Waals surface area contributed by atoms with E-state index in [1.807, 2.05) is 24.3 Å². The number of nitrogens with zero attached hydrogens (tertiary/aromatic N) is 1. The van der Waals surface area contributed by atoms with E-state index < -0.39 is 17.7 Å². The van der Waals surface area contributed by atoms with Gasteiger partial charge in [0.15, 0.2) is 11.5 Å². The molecule has 1 aromatic rings. The monoisotopic (exact) mass is 331 g/mol. The number of aliphatic hydroxyl groups excluding tert-OH is 1. The average Bonchev–Trinajstić information content (AvgIpc) is 2.83. The van der Waals surface area contributed by atoms with Gasteiger partial charge >= 0.3 is 0 Å². The number of amides is 1. The molecule has 0 saturated heterocycles. The van der Waals surface area contributed by atoms with E-state index >= 15 is 0 Å². The first kappa shape index (κ1) is 18.2. The minimum atomic E-state index is -0.554. The van der Waals surface area contributed by atoms with Gasteiger partial charge in [0.1, 0.15) is 0 Å². The van der Waals surface area contributed by atoms with E-state index in [0.29, 0.717) is 19.1 Å². The summed E-state index contributed by atoms with van der Waals surface area (Å²) in [6.07, 6.45) is 0.241. The molecule has 1 atom stereocenters. The molecule has 2 rings (SSSR count). The standard InChI is InChI=1S/C19H25NO4/c1-5-15(21)16-17(14-8-6-13(7-9-14)12(2)3)20(10-11-24-4)19(23)18(16)22/h6-9,12,17,22H,5,10-11H2,1-4H3. The van der Waals surface area contributed by atoms with Crippen LogP contribution in [0.25, 0.3) is 0 Å². The van der Waals surface area contributed by atoms with Gasteiger partial charge in [-0.3, -0.25) is 9.59 Å². The first-order chi connectivity index (χ1) is 11.4. The zero-order valence-electron chi connectivity index (χ0n) is 14.7. The highest BCUT2D eigenvalue weighted by atomic mass is 16.5. The van der Waals surface area contributed by atoms with Crippen LogP contribution in [0.2, 0.25) is 0 Å². The topological polar surface area (TPSA) is 66.8 Å². The van der Waals surface area contributed by atoms with Crippen molar-refractivity contribution in [3.8, 4) is 0 Å². The quantitative estimate of drug-likeness (QED) is 0.833. The molecule has 0 radical (unpaired) electrons. The van der Waals surface area contributed by atoms with Gasteiger partial charge in [0, 0.05) is 20.1 Å². The molecule has 1 aromatic carbocycles. The molecule has 5 heteroatoms. The van der Waals surface area contributed by atoms with Crippen molar-refractivity contribution in [2.24, 2.45) is 0 Å². The Kier molecular flexibility index (Phi) is 5.78. The molecule has 0 aromatic heterocycles. The molecule has 1 aliphatic heterocycles. The van der Waals surface area contributed by atoms with Crippen molar-refractivity contribution in [1.29, 1.82) is 0 Å². The number of ketones is 1. The van der Waals surface area contributed by atoms with Gasteiger partial charge in [0.25, 0.3) is 5.91 Å². The van der Waals surface area contributed by atoms with Gasteiger partial charge in [-0.05, 0) is 17.0 Å². The van der Waals surface area contributed by atoms with Gasteiger partial charge in [-0.1, -0.05) is 45.0 Å². The zero-order valence-corrected chi connectivity index (χ0v) is 14.7. The number of benzene rings is 1. The minimum absolute atomic E-state index is 0.191. The van der Waals surface area contributed by atoms with Crippen LogP contribution in [0.1, 0.15) is 50.3 Å². The molecule has 0 aliphatic carbocycles. The van der Waals surface area contributed by atoms with Crippen LogP contribution in [0.4, 0.5) is 0 Å². The Morgan fingerprint density at radius 3 is 2.42 bits per heavy atom. The lowest BCUT2D eigenvalue weighted by Gasteiger charge is -2.26. The number of ether oxygens (including phenoxy) is 1. The molecular formula is C19H25NO4. The van der Waals surface area contributed by atoms with E-state index in [2.05, 4.69) is 13.8 Å². The largest absolute Gasteiger partial charge is 0.503 e. The summed E-state index contributed by atoms with van der Waals surface area (Å²) in [7, 11) is 1.55. The molecule has 1 unspecified atom stereocenters. The molecule has 1 amide bonds. The summed E-state index contributed by atoms with van der Waals surface area (Å²) >= 11 is 0. The van der Waals surface area contributed by atoms with Crippen LogP contribution in [0, 0.1) is 0 Å². The van der Waals surface area contributed by atoms with E-state index in [9.17, 15) is 14.7 Å². The SMILES string of the molecule is CCC(=O)C1=C(O)C(=O)N(CCOC)C1c1ccc(C(C)C)cc1. The highest BCUT2D eigenvalue weighted by Crippen LogP contribution is 2.38. The summed E-state index contributed by atoms with van der Waals surface area (Å²) in [5, 5.41) is 10.2. The van der Waals surface area contributed by atoms with Crippen LogP contribution in [-0.2, 0) is 14.3 Å². The third kappa shape index (κ3) is 3.36. The molecular weight excluding hydrogens is 306 g/mol. The number of carbonyl (C=O) groups excluding carboxylic acids is 2. The van der Waals surface area contributed by atoms with Crippen molar-refractivity contribution in [2.45, 2.75) is 39.2 Å². The molecule has 1 heterocycles. The van der Waals surface area contributed by atoms with Gasteiger partial charge in [0.2, 0.25) is 0 Å². The highest BCUT2D eigenvalue weighted by molar-refractivity contribution is 6.08. The molecule has 1 aliphatic rings. The van der Waals surface area contributed by atoms with Crippen LogP contribution in [0.15, 0.2) is 35.6 Å². The van der Waals surface area contributed by atoms with Crippen molar-refractivity contribution < 1.29 is 19.4 Å². The van der Waals surface area contributed by atoms with E-state index in [1.54, 1.807) is 14.0 Å². The lowest BCUT2D eigenvalue weighted by Crippen LogP contribution is -2.33. The normalized spacial score (nSPS) is 18.0. The number of methoxy groups -OCH3 is 1. The van der Waals surface area contributed by atoms with Gasteiger partial charge in [0.05, 0.1) is 18.2 Å². The van der Waals surface area contributed by atoms with Crippen LogP contribution in [0.5, 0.6) is 0 Å². The number of Topliss-reactive ketones (excluding diaryl/α,β-unsaturated/α-hetero) is 1. The minimum Gasteiger partial charge on any atom is -0.503 e. The number of aliphatic hydroxyl groups is 1. The van der Waals surface area contributed by atoms with Crippen LogP contribution in [-0.4, -0.2) is 42.0 Å². The number of hydrogen-bond donors (Lipinski definition) is 1. The highest BCUT2D eigenvalue weighted by Gasteiger charge is 2.42. The summed E-state index contributed by atoms with van der Waals surface area (Å²) in [5.74, 6) is -0.758. The summed E-state index contributed by atoms with van der Waals surface area (Å²) in [5.41, 5.74) is 2.20. The Labute approximate surface area is 142 Å². The molecule has 24 heavy (non-hydrogen) atoms. The molecule has 1 N–H and O–H groups in total. The van der Waals surface area contributed by atoms with E-state index in [-0.39, 0.29) is 17.8 Å². The molecule has 0 bridgehead atoms. The smallest absolute Gasteiger partial charge is 0.290 e. The first-order valence-corrected chi connectivity index (χ1v) is 8.28. The maximum absolute atomic E-state index is 12.4. The van der Waals surface area contributed by atoms with Gasteiger partial charge < -0.3 is 14.7 Å². The fourth-order valence-corrected chi connectivity index (χ4v) is 2.96. The summed E-state index contributed by atoms with van der Waals surface area (Å²) in [4.78, 5) is 26.2. The van der Waals surface area contributed by atoms with Gasteiger partial charge in [-0.25, -0.2) is 0 Å². The second kappa shape index (κ2) is 7.62. The summed E-state index contributed by atoms with van der Waals surface area (Å²) in [6, 6.07) is 7.30. The second-order valence-corrected chi connectivity index (χ2v) is 6.25. The van der Waals surface area contributed by atoms with Gasteiger partial charge in [-0.2, -0.15) is 0 Å². The molecule has 0 saturated carbocycles. The van der Waals surface area contributed by atoms with Crippen LogP contribution < -0.4 is 0 Å². The van der Waals surface area contributed by atoms with E-state index in [0.717, 1.165) is 5.56 Å². The summed E-state index contributed by atoms with van der Waals surface area (Å²) < 4.78 is 5.07. The Hall–Kier alpha value is -2.14. The Balaban J connectivity index is 2.45. The first-order valence-electron chi connectivity index (χ1n) is 8.28. The third-order valence-electron chi connectivity index (χ3n) is 4.38. The van der Waals surface area contributed by atoms with Crippen molar-refractivity contribution in [2.75, 3.05) is 20.3 Å². The van der Waals surface area contributed by atoms with E-state index in [4.69, 9.17) is 4.74 Å². The lowest BCUT2D eigenvalue weighted by atomic mass is 9.93. The Bertz CT molecular complexity index is 646. The Morgan fingerprint density at radius 1 is 1.29 bits per heavy atom. The van der Waals surface area contributed by atoms with Crippen molar-refractivity contribution in [3.63, 3.8) is 0 Å². The third-order valence-corrected chi connectivity index (χ3v) is 4.38. The predicted molar refractivity (Wildman–Crippen MR) is 91.8 cm³/mol. The van der Waals surface area contributed by atoms with Crippen LogP contribution in [0.3, 0.4) is 0 Å².